The summed E-state index contributed by atoms with van der Waals surface area (Å²) in [5.74, 6) is -0.795. The molecule has 156 valence electrons. The Labute approximate surface area is 173 Å². The van der Waals surface area contributed by atoms with Gasteiger partial charge < -0.3 is 15.4 Å². The average molecular weight is 408 g/mol. The van der Waals surface area contributed by atoms with Gasteiger partial charge in [0.25, 0.3) is 5.56 Å². The molecule has 3 aromatic rings. The van der Waals surface area contributed by atoms with E-state index in [1.807, 2.05) is 19.1 Å². The van der Waals surface area contributed by atoms with Crippen molar-refractivity contribution in [3.8, 4) is 0 Å². The van der Waals surface area contributed by atoms with Crippen LogP contribution in [0.3, 0.4) is 0 Å². The molecule has 2 aromatic heterocycles. The summed E-state index contributed by atoms with van der Waals surface area (Å²) in [6.45, 7) is 5.33. The molecule has 0 unspecified atom stereocenters. The van der Waals surface area contributed by atoms with E-state index < -0.39 is 18.0 Å². The first-order chi connectivity index (χ1) is 14.3. The number of nitrogens with one attached hydrogen (secondary N) is 2. The van der Waals surface area contributed by atoms with Gasteiger partial charge in [-0.1, -0.05) is 38.1 Å². The predicted octanol–water partition coefficient (Wildman–Crippen LogP) is 2.89. The number of carbonyl (C=O) groups is 2. The zero-order valence-electron chi connectivity index (χ0n) is 17.1. The number of carbonyl (C=O) groups excluding carboxylic acids is 2. The first-order valence-corrected chi connectivity index (χ1v) is 9.61. The van der Waals surface area contributed by atoms with Crippen LogP contribution in [0.25, 0.3) is 5.65 Å². The Bertz CT molecular complexity index is 1110. The number of nitrogens with zero attached hydrogens (tertiary/aromatic N) is 2. The Morgan fingerprint density at radius 3 is 2.57 bits per heavy atom. The minimum atomic E-state index is -0.849. The maximum atomic E-state index is 12.6. The smallest absolute Gasteiger partial charge is 0.329 e. The van der Waals surface area contributed by atoms with Crippen molar-refractivity contribution in [2.24, 2.45) is 5.92 Å². The number of aryl methyl sites for hydroxylation is 1. The fourth-order valence-electron chi connectivity index (χ4n) is 2.89. The van der Waals surface area contributed by atoms with E-state index in [1.54, 1.807) is 50.4 Å². The summed E-state index contributed by atoms with van der Waals surface area (Å²) in [5.41, 5.74) is 2.11. The highest BCUT2D eigenvalue weighted by Gasteiger charge is 2.26. The van der Waals surface area contributed by atoms with Crippen LogP contribution in [0.1, 0.15) is 25.1 Å². The van der Waals surface area contributed by atoms with E-state index in [9.17, 15) is 14.4 Å². The molecule has 1 aromatic carbocycles. The summed E-state index contributed by atoms with van der Waals surface area (Å²) >= 11 is 0. The van der Waals surface area contributed by atoms with Crippen LogP contribution >= 0.6 is 0 Å². The van der Waals surface area contributed by atoms with Crippen LogP contribution in [0.15, 0.2) is 59.5 Å². The molecule has 0 saturated heterocycles. The number of aromatic nitrogens is 2. The van der Waals surface area contributed by atoms with Gasteiger partial charge in [0.2, 0.25) is 0 Å². The van der Waals surface area contributed by atoms with Gasteiger partial charge in [0, 0.05) is 18.0 Å². The van der Waals surface area contributed by atoms with Crippen molar-refractivity contribution in [1.29, 1.82) is 0 Å². The number of ether oxygens (including phenoxy) is 1. The molecule has 2 N–H and O–H groups in total. The second-order valence-corrected chi connectivity index (χ2v) is 7.31. The fraction of sp³-hybridized carbons (Fsp3) is 0.273. The molecule has 0 bridgehead atoms. The molecule has 0 fully saturated rings. The van der Waals surface area contributed by atoms with Gasteiger partial charge in [-0.15, -0.1) is 0 Å². The first kappa shape index (κ1) is 21.0. The molecule has 0 spiro atoms. The maximum absolute atomic E-state index is 12.6. The second kappa shape index (κ2) is 9.21. The lowest BCUT2D eigenvalue weighted by Crippen LogP contribution is -2.47. The molecule has 0 aliphatic heterocycles. The lowest BCUT2D eigenvalue weighted by Gasteiger charge is -2.21. The summed E-state index contributed by atoms with van der Waals surface area (Å²) < 4.78 is 6.78. The van der Waals surface area contributed by atoms with Gasteiger partial charge in [0.05, 0.1) is 5.69 Å². The van der Waals surface area contributed by atoms with E-state index in [1.165, 1.54) is 10.5 Å². The Morgan fingerprint density at radius 1 is 1.13 bits per heavy atom. The van der Waals surface area contributed by atoms with Crippen LogP contribution in [0.2, 0.25) is 0 Å². The molecular weight excluding hydrogens is 384 g/mol. The molecule has 1 atom stereocenters. The highest BCUT2D eigenvalue weighted by atomic mass is 16.5. The lowest BCUT2D eigenvalue weighted by molar-refractivity contribution is -0.148. The SMILES string of the molecule is Cc1ccc2nc(COC(=O)[C@H](NC(=O)Nc3ccccc3)C(C)C)cc(=O)n2c1. The molecule has 8 nitrogen and oxygen atoms in total. The monoisotopic (exact) mass is 408 g/mol. The fourth-order valence-corrected chi connectivity index (χ4v) is 2.89. The minimum absolute atomic E-state index is 0.163. The van der Waals surface area contributed by atoms with Crippen molar-refractivity contribution in [3.63, 3.8) is 0 Å². The summed E-state index contributed by atoms with van der Waals surface area (Å²) in [6.07, 6.45) is 1.70. The van der Waals surface area contributed by atoms with Crippen LogP contribution in [0.4, 0.5) is 10.5 Å². The summed E-state index contributed by atoms with van der Waals surface area (Å²) in [5, 5.41) is 5.31. The Balaban J connectivity index is 1.65. The number of benzene rings is 1. The van der Waals surface area contributed by atoms with Crippen molar-refractivity contribution in [3.05, 3.63) is 76.3 Å². The van der Waals surface area contributed by atoms with Crippen LogP contribution in [-0.2, 0) is 16.1 Å². The van der Waals surface area contributed by atoms with Gasteiger partial charge in [0.15, 0.2) is 0 Å². The molecule has 8 heteroatoms. The lowest BCUT2D eigenvalue weighted by atomic mass is 10.1. The summed E-state index contributed by atoms with van der Waals surface area (Å²) in [6, 6.07) is 12.5. The summed E-state index contributed by atoms with van der Waals surface area (Å²) in [7, 11) is 0. The minimum Gasteiger partial charge on any atom is -0.458 e. The third-order valence-electron chi connectivity index (χ3n) is 4.46. The van der Waals surface area contributed by atoms with Gasteiger partial charge in [-0.2, -0.15) is 0 Å². The molecule has 2 heterocycles. The number of rotatable bonds is 6. The highest BCUT2D eigenvalue weighted by Crippen LogP contribution is 2.09. The van der Waals surface area contributed by atoms with Crippen molar-refractivity contribution >= 4 is 23.3 Å². The van der Waals surface area contributed by atoms with Crippen molar-refractivity contribution < 1.29 is 14.3 Å². The molecule has 0 aliphatic carbocycles. The van der Waals surface area contributed by atoms with Crippen molar-refractivity contribution in [1.82, 2.24) is 14.7 Å². The molecule has 30 heavy (non-hydrogen) atoms. The predicted molar refractivity (Wildman–Crippen MR) is 113 cm³/mol. The Kier molecular flexibility index (Phi) is 6.46. The van der Waals surface area contributed by atoms with Crippen LogP contribution < -0.4 is 16.2 Å². The van der Waals surface area contributed by atoms with Crippen LogP contribution in [-0.4, -0.2) is 27.4 Å². The molecule has 0 radical (unpaired) electrons. The van der Waals surface area contributed by atoms with Crippen LogP contribution in [0.5, 0.6) is 0 Å². The quantitative estimate of drug-likeness (QED) is 0.611. The number of urea groups is 1. The number of hydrogen-bond acceptors (Lipinski definition) is 5. The largest absolute Gasteiger partial charge is 0.458 e. The van der Waals surface area contributed by atoms with Crippen molar-refractivity contribution in [2.75, 3.05) is 5.32 Å². The zero-order chi connectivity index (χ0) is 21.7. The standard InChI is InChI=1S/C22H24N4O4/c1-14(2)20(25-22(29)24-16-7-5-4-6-8-16)21(28)30-13-17-11-19(27)26-12-15(3)9-10-18(26)23-17/h4-12,14,20H,13H2,1-3H3,(H2,24,25,29)/t20-/m1/s1. The number of pyridine rings is 1. The van der Waals surface area contributed by atoms with Crippen molar-refractivity contribution in [2.45, 2.75) is 33.4 Å². The van der Waals surface area contributed by atoms with E-state index in [4.69, 9.17) is 4.74 Å². The number of hydrogen-bond donors (Lipinski definition) is 2. The topological polar surface area (TPSA) is 102 Å². The molecule has 2 amide bonds. The zero-order valence-corrected chi connectivity index (χ0v) is 17.1. The first-order valence-electron chi connectivity index (χ1n) is 9.61. The van der Waals surface area contributed by atoms with E-state index in [2.05, 4.69) is 15.6 Å². The second-order valence-electron chi connectivity index (χ2n) is 7.31. The van der Waals surface area contributed by atoms with E-state index in [0.29, 0.717) is 17.0 Å². The normalized spacial score (nSPS) is 11.9. The van der Waals surface area contributed by atoms with Gasteiger partial charge in [-0.25, -0.2) is 14.6 Å². The third-order valence-corrected chi connectivity index (χ3v) is 4.46. The number of esters is 1. The molecule has 0 saturated carbocycles. The highest BCUT2D eigenvalue weighted by molar-refractivity contribution is 5.92. The number of anilines is 1. The molecule has 0 aliphatic rings. The summed E-state index contributed by atoms with van der Waals surface area (Å²) in [4.78, 5) is 41.4. The number of fused-ring (bicyclic) bond motifs is 1. The van der Waals surface area contributed by atoms with Gasteiger partial charge in [-0.3, -0.25) is 9.20 Å². The van der Waals surface area contributed by atoms with Crippen LogP contribution in [0, 0.1) is 12.8 Å². The Hall–Kier alpha value is -3.68. The number of amides is 2. The maximum Gasteiger partial charge on any atom is 0.329 e. The average Bonchev–Trinajstić information content (AvgIpc) is 2.71. The van der Waals surface area contributed by atoms with Gasteiger partial charge in [-0.05, 0) is 36.6 Å². The van der Waals surface area contributed by atoms with Gasteiger partial charge in [0.1, 0.15) is 18.3 Å². The van der Waals surface area contributed by atoms with Gasteiger partial charge >= 0.3 is 12.0 Å². The van der Waals surface area contributed by atoms with E-state index >= 15 is 0 Å². The Morgan fingerprint density at radius 2 is 1.87 bits per heavy atom. The van der Waals surface area contributed by atoms with E-state index in [-0.39, 0.29) is 18.1 Å². The third kappa shape index (κ3) is 5.22. The van der Waals surface area contributed by atoms with E-state index in [0.717, 1.165) is 5.56 Å². The number of para-hydroxylation sites is 1. The molecule has 3 rings (SSSR count). The molecular formula is C22H24N4O4.